The summed E-state index contributed by atoms with van der Waals surface area (Å²) >= 11 is 3.68. The molecule has 0 atom stereocenters. The van der Waals surface area contributed by atoms with Crippen LogP contribution in [0.15, 0.2) is 0 Å². The molecule has 0 amide bonds. The third-order valence-corrected chi connectivity index (χ3v) is 1.54. The quantitative estimate of drug-likeness (QED) is 0.533. The van der Waals surface area contributed by atoms with Crippen LogP contribution in [0.3, 0.4) is 0 Å². The van der Waals surface area contributed by atoms with Crippen molar-refractivity contribution in [2.45, 2.75) is 0 Å². The van der Waals surface area contributed by atoms with Crippen molar-refractivity contribution in [2.24, 2.45) is 14.1 Å². The Kier molecular flexibility index (Phi) is 34.6. The Hall–Kier alpha value is -1.73. The van der Waals surface area contributed by atoms with Gasteiger partial charge in [0, 0.05) is 0 Å². The first kappa shape index (κ1) is 23.8. The number of hydrogen-bond acceptors (Lipinski definition) is 6. The first-order valence-corrected chi connectivity index (χ1v) is 3.83. The molecule has 0 N–H and O–H groups in total. The minimum absolute atomic E-state index is 0.796. The molecule has 8 nitrogen and oxygen atoms in total. The summed E-state index contributed by atoms with van der Waals surface area (Å²) in [4.78, 5) is 32.0. The van der Waals surface area contributed by atoms with Gasteiger partial charge in [-0.25, -0.2) is 0 Å². The summed E-state index contributed by atoms with van der Waals surface area (Å²) in [6.45, 7) is 8.00. The third-order valence-electron chi connectivity index (χ3n) is 0.827. The van der Waals surface area contributed by atoms with E-state index in [0.717, 1.165) is 4.32 Å². The summed E-state index contributed by atoms with van der Waals surface area (Å²) in [5.74, 6) is 0. The molecule has 0 aliphatic heterocycles. The summed E-state index contributed by atoms with van der Waals surface area (Å²) in [7, 11) is 3.60. The number of aryl methyl sites for hydroxylation is 2. The summed E-state index contributed by atoms with van der Waals surface area (Å²) < 4.78 is 4.02. The SMILES string of the molecule is C=O.C=O.C=O.C=O.Cn1nnn(C)[c]1=[Fe]. The molecule has 9 heteroatoms. The van der Waals surface area contributed by atoms with Gasteiger partial charge in [0.25, 0.3) is 0 Å². The van der Waals surface area contributed by atoms with Crippen molar-refractivity contribution in [2.75, 3.05) is 0 Å². The molecule has 0 aliphatic carbocycles. The number of rotatable bonds is 0. The molecule has 16 heavy (non-hydrogen) atoms. The third kappa shape index (κ3) is 12.3. The van der Waals surface area contributed by atoms with Crippen LogP contribution in [0.1, 0.15) is 0 Å². The summed E-state index contributed by atoms with van der Waals surface area (Å²) in [5.41, 5.74) is 0. The van der Waals surface area contributed by atoms with Crippen LogP contribution in [0.25, 0.3) is 0 Å². The molecule has 1 heterocycles. The first-order valence-electron chi connectivity index (χ1n) is 3.27. The molecule has 1 aromatic rings. The summed E-state index contributed by atoms with van der Waals surface area (Å²) in [6, 6.07) is 0. The number of tetrazole rings is 1. The van der Waals surface area contributed by atoms with Crippen molar-refractivity contribution in [3.8, 4) is 0 Å². The van der Waals surface area contributed by atoms with E-state index < -0.39 is 0 Å². The topological polar surface area (TPSA) is 104 Å². The fraction of sp³-hybridized carbons (Fsp3) is 0.286. The molecule has 0 saturated carbocycles. The number of carbonyl (C=O) groups excluding carboxylic acids is 4. The van der Waals surface area contributed by atoms with Crippen molar-refractivity contribution < 1.29 is 34.8 Å². The number of carbonyl (C=O) groups is 4. The van der Waals surface area contributed by atoms with Crippen molar-refractivity contribution in [3.63, 3.8) is 0 Å². The predicted octanol–water partition coefficient (Wildman–Crippen LogP) is -1.51. The molecule has 0 aliphatic rings. The Morgan fingerprint density at radius 3 is 1.06 bits per heavy atom. The average Bonchev–Trinajstić information content (AvgIpc) is 2.70. The monoisotopic (exact) mass is 274 g/mol. The Labute approximate surface area is 101 Å². The fourth-order valence-electron chi connectivity index (χ4n) is 0.401. The molecule has 0 fully saturated rings. The molecule has 0 saturated heterocycles. The number of hydrogen-bond donors (Lipinski definition) is 0. The van der Waals surface area contributed by atoms with Crippen LogP contribution in [-0.2, 0) is 48.8 Å². The number of nitrogens with zero attached hydrogens (tertiary/aromatic N) is 4. The van der Waals surface area contributed by atoms with Gasteiger partial charge in [-0.1, -0.05) is 0 Å². The van der Waals surface area contributed by atoms with Crippen LogP contribution in [0, 0.1) is 4.32 Å². The second-order valence-electron chi connectivity index (χ2n) is 1.48. The van der Waals surface area contributed by atoms with Crippen LogP contribution in [0.4, 0.5) is 0 Å². The summed E-state index contributed by atoms with van der Waals surface area (Å²) in [5, 5.41) is 7.37. The van der Waals surface area contributed by atoms with Gasteiger partial charge in [0.1, 0.15) is 27.2 Å². The van der Waals surface area contributed by atoms with Crippen molar-refractivity contribution in [1.29, 1.82) is 0 Å². The second kappa shape index (κ2) is 23.2. The van der Waals surface area contributed by atoms with Gasteiger partial charge in [-0.15, -0.1) is 0 Å². The zero-order chi connectivity index (χ0) is 14.1. The molecule has 0 radical (unpaired) electrons. The molecule has 1 rings (SSSR count). The Balaban J connectivity index is -0.0000000771. The summed E-state index contributed by atoms with van der Waals surface area (Å²) in [6.07, 6.45) is 0. The van der Waals surface area contributed by atoms with E-state index >= 15 is 0 Å². The molecule has 94 valence electrons. The zero-order valence-electron chi connectivity index (χ0n) is 9.10. The first-order chi connectivity index (χ1) is 7.72. The van der Waals surface area contributed by atoms with Crippen LogP contribution in [0.2, 0.25) is 0 Å². The zero-order valence-corrected chi connectivity index (χ0v) is 10.2. The Morgan fingerprint density at radius 1 is 0.812 bits per heavy atom. The molecule has 0 bridgehead atoms. The van der Waals surface area contributed by atoms with E-state index in [0.29, 0.717) is 0 Å². The van der Waals surface area contributed by atoms with E-state index in [9.17, 15) is 0 Å². The second-order valence-corrected chi connectivity index (χ2v) is 1.98. The van der Waals surface area contributed by atoms with E-state index in [1.54, 1.807) is 23.5 Å². The fourth-order valence-corrected chi connectivity index (χ4v) is 0.500. The molecular weight excluding hydrogens is 260 g/mol. The normalized spacial score (nSPS) is 5.94. The van der Waals surface area contributed by atoms with Crippen LogP contribution in [0.5, 0.6) is 0 Å². The number of aromatic nitrogens is 4. The average molecular weight is 274 g/mol. The Morgan fingerprint density at radius 2 is 1.00 bits per heavy atom. The van der Waals surface area contributed by atoms with Gasteiger partial charge in [0.2, 0.25) is 0 Å². The maximum atomic E-state index is 8.00. The van der Waals surface area contributed by atoms with Crippen molar-refractivity contribution >= 4 is 27.2 Å². The van der Waals surface area contributed by atoms with E-state index in [1.807, 2.05) is 27.2 Å². The van der Waals surface area contributed by atoms with Crippen LogP contribution >= 0.6 is 0 Å². The molecule has 1 aromatic heterocycles. The van der Waals surface area contributed by atoms with E-state index in [2.05, 4.69) is 26.0 Å². The molecule has 0 aromatic carbocycles. The molecule has 0 unspecified atom stereocenters. The minimum atomic E-state index is 0.796. The van der Waals surface area contributed by atoms with Crippen LogP contribution < -0.4 is 0 Å². The van der Waals surface area contributed by atoms with Gasteiger partial charge in [-0.2, -0.15) is 0 Å². The van der Waals surface area contributed by atoms with Crippen molar-refractivity contribution in [1.82, 2.24) is 19.8 Å². The maximum absolute atomic E-state index is 8.00. The van der Waals surface area contributed by atoms with Crippen LogP contribution in [-0.4, -0.2) is 46.9 Å². The van der Waals surface area contributed by atoms with Gasteiger partial charge in [0.15, 0.2) is 0 Å². The van der Waals surface area contributed by atoms with Gasteiger partial charge < -0.3 is 19.2 Å². The van der Waals surface area contributed by atoms with E-state index in [-0.39, 0.29) is 0 Å². The van der Waals surface area contributed by atoms with E-state index in [4.69, 9.17) is 19.2 Å². The Bertz CT molecular complexity index is 270. The van der Waals surface area contributed by atoms with Gasteiger partial charge in [-0.3, -0.25) is 0 Å². The van der Waals surface area contributed by atoms with Gasteiger partial charge in [0.05, 0.1) is 0 Å². The van der Waals surface area contributed by atoms with E-state index in [1.165, 1.54) is 0 Å². The van der Waals surface area contributed by atoms with Gasteiger partial charge in [-0.05, 0) is 0 Å². The predicted molar refractivity (Wildman–Crippen MR) is 51.7 cm³/mol. The molecule has 0 spiro atoms. The van der Waals surface area contributed by atoms with Gasteiger partial charge >= 0.3 is 53.8 Å². The van der Waals surface area contributed by atoms with Crippen molar-refractivity contribution in [3.05, 3.63) is 4.32 Å². The molecular formula is C7H14FeN4O4. The standard InChI is InChI=1S/C3H6N4.4CH2O.Fe/c1-6-3-7(2)5-4-6;4*1-2;/h1-2H3;4*1H2;.